The number of likely N-dealkylation sites (tertiary alicyclic amines) is 1. The summed E-state index contributed by atoms with van der Waals surface area (Å²) in [5.41, 5.74) is 1.75. The molecule has 1 aromatic carbocycles. The van der Waals surface area contributed by atoms with Crippen LogP contribution >= 0.6 is 11.6 Å². The van der Waals surface area contributed by atoms with Crippen LogP contribution in [0.2, 0.25) is 5.02 Å². The van der Waals surface area contributed by atoms with E-state index >= 15 is 0 Å². The summed E-state index contributed by atoms with van der Waals surface area (Å²) in [7, 11) is 0. The van der Waals surface area contributed by atoms with Crippen molar-refractivity contribution in [1.29, 1.82) is 0 Å². The van der Waals surface area contributed by atoms with Gasteiger partial charge in [0.2, 0.25) is 5.89 Å². The van der Waals surface area contributed by atoms with Crippen molar-refractivity contribution in [3.63, 3.8) is 0 Å². The molecule has 1 spiro atoms. The molecule has 0 atom stereocenters. The monoisotopic (exact) mass is 334 g/mol. The van der Waals surface area contributed by atoms with Crippen LogP contribution < -0.4 is 0 Å². The summed E-state index contributed by atoms with van der Waals surface area (Å²) in [6.07, 6.45) is 3.52. The van der Waals surface area contributed by atoms with E-state index in [1.807, 2.05) is 24.3 Å². The zero-order chi connectivity index (χ0) is 15.7. The molecule has 2 aliphatic rings. The zero-order valence-electron chi connectivity index (χ0n) is 12.8. The summed E-state index contributed by atoms with van der Waals surface area (Å²) < 4.78 is 17.1. The molecular formula is C17H19ClN2O3. The standard InChI is InChI=1S/C17H19ClN2O3/c18-15-4-2-1-3-14(15)16-19-13(12-21-16)11-20-7-5-17(6-8-20)22-9-10-23-17/h1-4,12H,5-11H2. The normalized spacial score (nSPS) is 21.1. The van der Waals surface area contributed by atoms with Gasteiger partial charge >= 0.3 is 0 Å². The molecule has 2 saturated heterocycles. The first kappa shape index (κ1) is 15.1. The number of ether oxygens (including phenoxy) is 2. The van der Waals surface area contributed by atoms with E-state index in [1.54, 1.807) is 6.26 Å². The molecule has 4 rings (SSSR count). The largest absolute Gasteiger partial charge is 0.444 e. The van der Waals surface area contributed by atoms with E-state index in [-0.39, 0.29) is 5.79 Å². The van der Waals surface area contributed by atoms with E-state index in [1.165, 1.54) is 0 Å². The predicted molar refractivity (Wildman–Crippen MR) is 86.1 cm³/mol. The Balaban J connectivity index is 1.40. The molecule has 2 fully saturated rings. The number of hydrogen-bond acceptors (Lipinski definition) is 5. The molecule has 0 unspecified atom stereocenters. The summed E-state index contributed by atoms with van der Waals surface area (Å²) in [5.74, 6) is 0.241. The highest BCUT2D eigenvalue weighted by atomic mass is 35.5. The Morgan fingerprint density at radius 2 is 1.87 bits per heavy atom. The molecule has 122 valence electrons. The second kappa shape index (κ2) is 6.24. The molecule has 2 aliphatic heterocycles. The third-order valence-corrected chi connectivity index (χ3v) is 4.80. The van der Waals surface area contributed by atoms with Gasteiger partial charge in [-0.1, -0.05) is 23.7 Å². The molecule has 6 heteroatoms. The van der Waals surface area contributed by atoms with E-state index in [2.05, 4.69) is 9.88 Å². The minimum Gasteiger partial charge on any atom is -0.444 e. The van der Waals surface area contributed by atoms with Crippen LogP contribution in [0, 0.1) is 0 Å². The quantitative estimate of drug-likeness (QED) is 0.861. The second-order valence-electron chi connectivity index (χ2n) is 6.01. The number of halogens is 1. The van der Waals surface area contributed by atoms with Crippen molar-refractivity contribution in [3.8, 4) is 11.5 Å². The summed E-state index contributed by atoms with van der Waals surface area (Å²) in [5, 5.41) is 0.649. The molecule has 1 aromatic heterocycles. The number of benzene rings is 1. The first-order valence-electron chi connectivity index (χ1n) is 7.94. The van der Waals surface area contributed by atoms with Crippen molar-refractivity contribution in [1.82, 2.24) is 9.88 Å². The van der Waals surface area contributed by atoms with Crippen molar-refractivity contribution in [3.05, 3.63) is 41.2 Å². The minimum absolute atomic E-state index is 0.330. The van der Waals surface area contributed by atoms with Gasteiger partial charge in [0.15, 0.2) is 5.79 Å². The maximum absolute atomic E-state index is 6.19. The van der Waals surface area contributed by atoms with Gasteiger partial charge in [0.05, 0.1) is 29.5 Å². The Morgan fingerprint density at radius 1 is 1.13 bits per heavy atom. The van der Waals surface area contributed by atoms with Gasteiger partial charge in [-0.3, -0.25) is 4.90 Å². The van der Waals surface area contributed by atoms with Crippen LogP contribution in [0.15, 0.2) is 34.9 Å². The summed E-state index contributed by atoms with van der Waals surface area (Å²) in [6.45, 7) is 4.07. The lowest BCUT2D eigenvalue weighted by atomic mass is 10.0. The van der Waals surface area contributed by atoms with Crippen LogP contribution in [0.4, 0.5) is 0 Å². The Morgan fingerprint density at radius 3 is 2.61 bits per heavy atom. The number of nitrogens with zero attached hydrogens (tertiary/aromatic N) is 2. The van der Waals surface area contributed by atoms with E-state index in [4.69, 9.17) is 25.5 Å². The zero-order valence-corrected chi connectivity index (χ0v) is 13.6. The highest BCUT2D eigenvalue weighted by molar-refractivity contribution is 6.33. The molecule has 0 bridgehead atoms. The minimum atomic E-state index is -0.330. The molecule has 23 heavy (non-hydrogen) atoms. The van der Waals surface area contributed by atoms with Gasteiger partial charge in [-0.25, -0.2) is 4.98 Å². The molecule has 2 aromatic rings. The van der Waals surface area contributed by atoms with Gasteiger partial charge in [0.25, 0.3) is 0 Å². The van der Waals surface area contributed by atoms with Gasteiger partial charge < -0.3 is 13.9 Å². The van der Waals surface area contributed by atoms with Crippen molar-refractivity contribution < 1.29 is 13.9 Å². The highest BCUT2D eigenvalue weighted by Gasteiger charge is 2.39. The van der Waals surface area contributed by atoms with Gasteiger partial charge in [-0.2, -0.15) is 0 Å². The summed E-state index contributed by atoms with van der Waals surface area (Å²) in [4.78, 5) is 6.92. The lowest BCUT2D eigenvalue weighted by molar-refractivity contribution is -0.185. The summed E-state index contributed by atoms with van der Waals surface area (Å²) in [6, 6.07) is 7.58. The first-order chi connectivity index (χ1) is 11.2. The van der Waals surface area contributed by atoms with Crippen molar-refractivity contribution in [2.75, 3.05) is 26.3 Å². The predicted octanol–water partition coefficient (Wildman–Crippen LogP) is 3.33. The second-order valence-corrected chi connectivity index (χ2v) is 6.41. The van der Waals surface area contributed by atoms with Crippen LogP contribution in [0.3, 0.4) is 0 Å². The SMILES string of the molecule is Clc1ccccc1-c1nc(CN2CCC3(CC2)OCCO3)co1. The highest BCUT2D eigenvalue weighted by Crippen LogP contribution is 2.32. The van der Waals surface area contributed by atoms with E-state index in [0.717, 1.165) is 43.7 Å². The lowest BCUT2D eigenvalue weighted by Crippen LogP contribution is -2.44. The van der Waals surface area contributed by atoms with Crippen molar-refractivity contribution >= 4 is 11.6 Å². The topological polar surface area (TPSA) is 47.7 Å². The number of oxazole rings is 1. The lowest BCUT2D eigenvalue weighted by Gasteiger charge is -2.37. The molecule has 0 N–H and O–H groups in total. The smallest absolute Gasteiger partial charge is 0.227 e. The van der Waals surface area contributed by atoms with E-state index in [0.29, 0.717) is 24.1 Å². The van der Waals surface area contributed by atoms with Crippen LogP contribution in [-0.4, -0.2) is 42.0 Å². The fraction of sp³-hybridized carbons (Fsp3) is 0.471. The molecular weight excluding hydrogens is 316 g/mol. The number of rotatable bonds is 3. The van der Waals surface area contributed by atoms with Gasteiger partial charge in [-0.05, 0) is 12.1 Å². The van der Waals surface area contributed by atoms with Crippen LogP contribution in [0.1, 0.15) is 18.5 Å². The van der Waals surface area contributed by atoms with Crippen molar-refractivity contribution in [2.24, 2.45) is 0 Å². The molecule has 0 radical (unpaired) electrons. The van der Waals surface area contributed by atoms with Crippen LogP contribution in [0.5, 0.6) is 0 Å². The maximum Gasteiger partial charge on any atom is 0.227 e. The van der Waals surface area contributed by atoms with E-state index < -0.39 is 0 Å². The van der Waals surface area contributed by atoms with Crippen LogP contribution in [0.25, 0.3) is 11.5 Å². The van der Waals surface area contributed by atoms with Crippen LogP contribution in [-0.2, 0) is 16.0 Å². The summed E-state index contributed by atoms with van der Waals surface area (Å²) >= 11 is 6.19. The first-order valence-corrected chi connectivity index (χ1v) is 8.31. The Hall–Kier alpha value is -1.40. The third-order valence-electron chi connectivity index (χ3n) is 4.47. The molecule has 0 aliphatic carbocycles. The maximum atomic E-state index is 6.19. The van der Waals surface area contributed by atoms with Gasteiger partial charge in [-0.15, -0.1) is 0 Å². The fourth-order valence-electron chi connectivity index (χ4n) is 3.20. The van der Waals surface area contributed by atoms with Gasteiger partial charge in [0.1, 0.15) is 6.26 Å². The molecule has 5 nitrogen and oxygen atoms in total. The van der Waals surface area contributed by atoms with E-state index in [9.17, 15) is 0 Å². The fourth-order valence-corrected chi connectivity index (χ4v) is 3.42. The third kappa shape index (κ3) is 3.15. The Bertz CT molecular complexity index is 672. The molecule has 0 saturated carbocycles. The van der Waals surface area contributed by atoms with Gasteiger partial charge in [0, 0.05) is 32.5 Å². The Labute approximate surface area is 140 Å². The Kier molecular flexibility index (Phi) is 4.11. The van der Waals surface area contributed by atoms with Crippen molar-refractivity contribution in [2.45, 2.75) is 25.2 Å². The average molecular weight is 335 g/mol. The number of hydrogen-bond donors (Lipinski definition) is 0. The molecule has 0 amide bonds. The average Bonchev–Trinajstić information content (AvgIpc) is 3.20. The number of aromatic nitrogens is 1. The number of piperidine rings is 1. The molecule has 3 heterocycles.